The number of nitrogens with one attached hydrogen (secondary N) is 2. The number of carbonyl (C=O) groups is 1. The van der Waals surface area contributed by atoms with Crippen molar-refractivity contribution in [3.05, 3.63) is 11.8 Å². The number of anilines is 1. The Morgan fingerprint density at radius 1 is 1.50 bits per heavy atom. The molecule has 0 saturated carbocycles. The van der Waals surface area contributed by atoms with E-state index >= 15 is 0 Å². The Hall–Kier alpha value is -1.07. The van der Waals surface area contributed by atoms with E-state index in [-0.39, 0.29) is 18.3 Å². The number of aromatic nitrogens is 2. The molecule has 1 aromatic rings. The van der Waals surface area contributed by atoms with Gasteiger partial charge in [-0.05, 0) is 19.3 Å². The van der Waals surface area contributed by atoms with E-state index in [4.69, 9.17) is 5.73 Å². The number of rotatable bonds is 7. The van der Waals surface area contributed by atoms with Gasteiger partial charge in [0.1, 0.15) is 0 Å². The van der Waals surface area contributed by atoms with Crippen LogP contribution in [0.1, 0.15) is 45.2 Å². The van der Waals surface area contributed by atoms with Crippen LogP contribution in [-0.4, -0.2) is 22.1 Å². The highest BCUT2D eigenvalue weighted by Crippen LogP contribution is 2.09. The molecule has 1 aromatic heterocycles. The zero-order chi connectivity index (χ0) is 12.7. The van der Waals surface area contributed by atoms with Crippen LogP contribution in [0.15, 0.2) is 6.07 Å². The van der Waals surface area contributed by atoms with E-state index in [2.05, 4.69) is 22.4 Å². The molecular formula is C12H23ClN4O. The van der Waals surface area contributed by atoms with E-state index in [0.29, 0.717) is 12.2 Å². The number of carbonyl (C=O) groups excluding carboxylic acids is 1. The van der Waals surface area contributed by atoms with Gasteiger partial charge in [0, 0.05) is 11.8 Å². The van der Waals surface area contributed by atoms with Crippen molar-refractivity contribution in [1.29, 1.82) is 0 Å². The third-order valence-electron chi connectivity index (χ3n) is 2.62. The number of aryl methyl sites for hydroxylation is 1. The van der Waals surface area contributed by atoms with Crippen molar-refractivity contribution in [3.8, 4) is 0 Å². The summed E-state index contributed by atoms with van der Waals surface area (Å²) in [5.41, 5.74) is 6.76. The van der Waals surface area contributed by atoms with Gasteiger partial charge in [0.25, 0.3) is 0 Å². The lowest BCUT2D eigenvalue weighted by Gasteiger charge is -2.08. The first-order valence-corrected chi connectivity index (χ1v) is 6.28. The number of nitrogens with zero attached hydrogens (tertiary/aromatic N) is 1. The van der Waals surface area contributed by atoms with Crippen LogP contribution in [0.5, 0.6) is 0 Å². The van der Waals surface area contributed by atoms with Gasteiger partial charge in [-0.1, -0.05) is 26.7 Å². The molecule has 1 amide bonds. The van der Waals surface area contributed by atoms with Gasteiger partial charge in [-0.15, -0.1) is 12.4 Å². The Morgan fingerprint density at radius 3 is 2.83 bits per heavy atom. The molecular weight excluding hydrogens is 252 g/mol. The molecule has 1 unspecified atom stereocenters. The fourth-order valence-corrected chi connectivity index (χ4v) is 1.58. The van der Waals surface area contributed by atoms with E-state index in [1.165, 1.54) is 0 Å². The van der Waals surface area contributed by atoms with Crippen molar-refractivity contribution < 1.29 is 4.79 Å². The van der Waals surface area contributed by atoms with Crippen LogP contribution in [0, 0.1) is 0 Å². The molecule has 18 heavy (non-hydrogen) atoms. The highest BCUT2D eigenvalue weighted by molar-refractivity contribution is 5.93. The van der Waals surface area contributed by atoms with Crippen LogP contribution in [0.25, 0.3) is 0 Å². The van der Waals surface area contributed by atoms with Crippen molar-refractivity contribution in [1.82, 2.24) is 10.2 Å². The average Bonchev–Trinajstić information content (AvgIpc) is 2.74. The summed E-state index contributed by atoms with van der Waals surface area (Å²) < 4.78 is 0. The molecule has 4 N–H and O–H groups in total. The minimum absolute atomic E-state index is 0. The first-order chi connectivity index (χ1) is 8.17. The molecule has 0 aliphatic heterocycles. The zero-order valence-corrected chi connectivity index (χ0v) is 11.8. The summed E-state index contributed by atoms with van der Waals surface area (Å²) in [5, 5.41) is 9.67. The molecule has 0 saturated heterocycles. The molecule has 104 valence electrons. The summed E-state index contributed by atoms with van der Waals surface area (Å²) >= 11 is 0. The van der Waals surface area contributed by atoms with Crippen LogP contribution in [0.4, 0.5) is 5.82 Å². The fourth-order valence-electron chi connectivity index (χ4n) is 1.58. The minimum Gasteiger partial charge on any atom is -0.320 e. The quantitative estimate of drug-likeness (QED) is 0.713. The lowest BCUT2D eigenvalue weighted by molar-refractivity contribution is -0.117. The number of nitrogens with two attached hydrogens (primary N) is 1. The monoisotopic (exact) mass is 274 g/mol. The van der Waals surface area contributed by atoms with Crippen molar-refractivity contribution in [3.63, 3.8) is 0 Å². The highest BCUT2D eigenvalue weighted by atomic mass is 35.5. The Morgan fingerprint density at radius 2 is 2.22 bits per heavy atom. The standard InChI is InChI=1S/C12H22N4O.ClH/c1-3-5-7-9-8-11(16-15-9)14-12(17)10(13)6-4-2;/h8,10H,3-7,13H2,1-2H3,(H2,14,15,16,17);1H. The summed E-state index contributed by atoms with van der Waals surface area (Å²) in [4.78, 5) is 11.6. The second-order valence-corrected chi connectivity index (χ2v) is 4.27. The lowest BCUT2D eigenvalue weighted by atomic mass is 10.1. The molecule has 0 aliphatic rings. The van der Waals surface area contributed by atoms with Crippen LogP contribution < -0.4 is 11.1 Å². The normalized spacial score (nSPS) is 11.7. The molecule has 6 heteroatoms. The van der Waals surface area contributed by atoms with Crippen LogP contribution >= 0.6 is 12.4 Å². The number of H-pyrrole nitrogens is 1. The van der Waals surface area contributed by atoms with Crippen LogP contribution in [-0.2, 0) is 11.2 Å². The predicted octanol–water partition coefficient (Wildman–Crippen LogP) is 2.24. The summed E-state index contributed by atoms with van der Waals surface area (Å²) in [7, 11) is 0. The molecule has 5 nitrogen and oxygen atoms in total. The van der Waals surface area contributed by atoms with Crippen LogP contribution in [0.2, 0.25) is 0 Å². The van der Waals surface area contributed by atoms with Gasteiger partial charge in [-0.2, -0.15) is 5.10 Å². The average molecular weight is 275 g/mol. The third kappa shape index (κ3) is 5.51. The molecule has 0 bridgehead atoms. The summed E-state index contributed by atoms with van der Waals surface area (Å²) in [6.07, 6.45) is 4.81. The van der Waals surface area contributed by atoms with Gasteiger partial charge in [0.2, 0.25) is 5.91 Å². The Bertz CT molecular complexity index is 354. The maximum Gasteiger partial charge on any atom is 0.242 e. The topological polar surface area (TPSA) is 83.8 Å². The summed E-state index contributed by atoms with van der Waals surface area (Å²) in [6, 6.07) is 1.42. The number of halogens is 1. The molecule has 1 heterocycles. The van der Waals surface area contributed by atoms with Crippen molar-refractivity contribution in [2.45, 2.75) is 52.0 Å². The fraction of sp³-hybridized carbons (Fsp3) is 0.667. The highest BCUT2D eigenvalue weighted by Gasteiger charge is 2.13. The molecule has 0 fully saturated rings. The van der Waals surface area contributed by atoms with Gasteiger partial charge in [-0.3, -0.25) is 9.89 Å². The molecule has 0 aliphatic carbocycles. The Labute approximate surface area is 114 Å². The molecule has 0 radical (unpaired) electrons. The number of hydrogen-bond acceptors (Lipinski definition) is 3. The Kier molecular flexibility index (Phi) is 8.41. The first kappa shape index (κ1) is 16.9. The van der Waals surface area contributed by atoms with Gasteiger partial charge in [0.05, 0.1) is 6.04 Å². The SMILES string of the molecule is CCCCc1cc(NC(=O)C(N)CCC)n[nH]1.Cl. The lowest BCUT2D eigenvalue weighted by Crippen LogP contribution is -2.35. The second-order valence-electron chi connectivity index (χ2n) is 4.27. The maximum atomic E-state index is 11.6. The van der Waals surface area contributed by atoms with Gasteiger partial charge in [-0.25, -0.2) is 0 Å². The van der Waals surface area contributed by atoms with E-state index in [0.717, 1.165) is 31.4 Å². The van der Waals surface area contributed by atoms with Crippen molar-refractivity contribution >= 4 is 24.1 Å². The van der Waals surface area contributed by atoms with E-state index < -0.39 is 6.04 Å². The maximum absolute atomic E-state index is 11.6. The number of unbranched alkanes of at least 4 members (excludes halogenated alkanes) is 1. The first-order valence-electron chi connectivity index (χ1n) is 6.28. The number of aromatic amines is 1. The summed E-state index contributed by atoms with van der Waals surface area (Å²) in [5.74, 6) is 0.396. The van der Waals surface area contributed by atoms with Crippen LogP contribution in [0.3, 0.4) is 0 Å². The molecule has 1 atom stereocenters. The van der Waals surface area contributed by atoms with Gasteiger partial charge >= 0.3 is 0 Å². The Balaban J connectivity index is 0.00000289. The van der Waals surface area contributed by atoms with Crippen molar-refractivity contribution in [2.75, 3.05) is 5.32 Å². The number of amides is 1. The van der Waals surface area contributed by atoms with Gasteiger partial charge in [0.15, 0.2) is 5.82 Å². The van der Waals surface area contributed by atoms with Crippen molar-refractivity contribution in [2.24, 2.45) is 5.73 Å². The molecule has 0 aromatic carbocycles. The number of hydrogen-bond donors (Lipinski definition) is 3. The second kappa shape index (κ2) is 8.94. The van der Waals surface area contributed by atoms with E-state index in [1.54, 1.807) is 0 Å². The van der Waals surface area contributed by atoms with E-state index in [1.807, 2.05) is 13.0 Å². The summed E-state index contributed by atoms with van der Waals surface area (Å²) in [6.45, 7) is 4.15. The smallest absolute Gasteiger partial charge is 0.242 e. The van der Waals surface area contributed by atoms with Gasteiger partial charge < -0.3 is 11.1 Å². The zero-order valence-electron chi connectivity index (χ0n) is 11.0. The van der Waals surface area contributed by atoms with E-state index in [9.17, 15) is 4.79 Å². The third-order valence-corrected chi connectivity index (χ3v) is 2.62. The minimum atomic E-state index is -0.448. The molecule has 0 spiro atoms. The predicted molar refractivity (Wildman–Crippen MR) is 76.0 cm³/mol. The largest absolute Gasteiger partial charge is 0.320 e. The molecule has 1 rings (SSSR count).